The van der Waals surface area contributed by atoms with Gasteiger partial charge in [-0.15, -0.1) is 0 Å². The topological polar surface area (TPSA) is 75.2 Å². The summed E-state index contributed by atoms with van der Waals surface area (Å²) < 4.78 is 84.6. The van der Waals surface area contributed by atoms with Gasteiger partial charge in [0, 0.05) is 43.9 Å². The highest BCUT2D eigenvalue weighted by Crippen LogP contribution is 2.41. The van der Waals surface area contributed by atoms with E-state index in [4.69, 9.17) is 21.1 Å². The number of ether oxygens (including phenoxy) is 2. The molecule has 2 aliphatic rings. The predicted molar refractivity (Wildman–Crippen MR) is 145 cm³/mol. The lowest BCUT2D eigenvalue weighted by Gasteiger charge is -2.27. The van der Waals surface area contributed by atoms with Crippen molar-refractivity contribution in [1.82, 2.24) is 9.88 Å². The Morgan fingerprint density at radius 2 is 1.73 bits per heavy atom. The molecule has 0 saturated carbocycles. The average molecular weight is 597 g/mol. The lowest BCUT2D eigenvalue weighted by molar-refractivity contribution is 0.387. The maximum atomic E-state index is 15.8. The molecular weight excluding hydrogens is 569 g/mol. The zero-order valence-electron chi connectivity index (χ0n) is 22.1. The Balaban J connectivity index is 1.57. The molecule has 2 fully saturated rings. The van der Waals surface area contributed by atoms with Crippen LogP contribution in [-0.2, 0) is 16.6 Å². The summed E-state index contributed by atoms with van der Waals surface area (Å²) in [6, 6.07) is 9.07. The van der Waals surface area contributed by atoms with Gasteiger partial charge >= 0.3 is 0 Å². The maximum Gasteiger partial charge on any atom is 0.271 e. The number of hydrogen-bond acceptors (Lipinski definition) is 7. The van der Waals surface area contributed by atoms with Crippen molar-refractivity contribution in [1.29, 1.82) is 0 Å². The first-order chi connectivity index (χ1) is 19.0. The Labute approximate surface area is 235 Å². The fraction of sp³-hybridized carbons (Fsp3) is 0.370. The van der Waals surface area contributed by atoms with Gasteiger partial charge < -0.3 is 19.3 Å². The summed E-state index contributed by atoms with van der Waals surface area (Å²) in [5.74, 6) is -2.75. The smallest absolute Gasteiger partial charge is 0.271 e. The first kappa shape index (κ1) is 28.3. The number of methoxy groups -OCH3 is 2. The number of sulfonamides is 1. The van der Waals surface area contributed by atoms with Gasteiger partial charge in [-0.3, -0.25) is 0 Å². The van der Waals surface area contributed by atoms with Crippen LogP contribution in [0.25, 0.3) is 0 Å². The third-order valence-corrected chi connectivity index (χ3v) is 9.57. The molecule has 3 heterocycles. The highest BCUT2D eigenvalue weighted by atomic mass is 35.5. The normalized spacial score (nSPS) is 19.1. The van der Waals surface area contributed by atoms with Gasteiger partial charge in [-0.05, 0) is 43.1 Å². The van der Waals surface area contributed by atoms with E-state index in [9.17, 15) is 12.8 Å². The number of rotatable bonds is 8. The SMILES string of the molecule is COc1ccc(CN(c2cccc(F)n2)S(=O)(=O)c2c(F)cc(N3C[C@H]4CN(C)C[C@@H]4C3)c(Cl)c2F)c(OC)c1. The molecule has 8 nitrogen and oxygen atoms in total. The van der Waals surface area contributed by atoms with Crippen LogP contribution >= 0.6 is 11.6 Å². The van der Waals surface area contributed by atoms with E-state index in [1.54, 1.807) is 11.0 Å². The first-order valence-electron chi connectivity index (χ1n) is 12.5. The van der Waals surface area contributed by atoms with Gasteiger partial charge in [0.25, 0.3) is 10.0 Å². The number of likely N-dealkylation sites (tertiary alicyclic amines) is 1. The fourth-order valence-electron chi connectivity index (χ4n) is 5.53. The van der Waals surface area contributed by atoms with E-state index in [-0.39, 0.29) is 17.3 Å². The standard InChI is InChI=1S/C27H28ClF3N4O4S/c1-33-11-17-13-34(14-18(17)12-33)21-10-20(29)27(26(31)25(21)28)40(36,37)35(24-6-4-5-23(30)32-24)15-16-7-8-19(38-2)9-22(16)39-3/h4-10,17-18H,11-15H2,1-3H3/t17-,18-/m1/s1. The number of nitrogens with zero attached hydrogens (tertiary/aromatic N) is 4. The molecule has 0 amide bonds. The van der Waals surface area contributed by atoms with E-state index in [2.05, 4.69) is 9.88 Å². The van der Waals surface area contributed by atoms with Gasteiger partial charge in [-0.1, -0.05) is 17.7 Å². The molecule has 2 aliphatic heterocycles. The van der Waals surface area contributed by atoms with Gasteiger partial charge in [-0.2, -0.15) is 4.39 Å². The molecule has 2 saturated heterocycles. The minimum absolute atomic E-state index is 0.0972. The number of benzene rings is 2. The van der Waals surface area contributed by atoms with Gasteiger partial charge in [-0.25, -0.2) is 26.5 Å². The molecule has 40 heavy (non-hydrogen) atoms. The Bertz CT molecular complexity index is 1530. The van der Waals surface area contributed by atoms with E-state index >= 15 is 8.78 Å². The number of hydrogen-bond donors (Lipinski definition) is 0. The minimum atomic E-state index is -5.00. The van der Waals surface area contributed by atoms with Crippen LogP contribution in [0.3, 0.4) is 0 Å². The van der Waals surface area contributed by atoms with Crippen molar-refractivity contribution in [2.75, 3.05) is 56.7 Å². The largest absolute Gasteiger partial charge is 0.497 e. The summed E-state index contributed by atoms with van der Waals surface area (Å²) in [5, 5.41) is -0.498. The quantitative estimate of drug-likeness (QED) is 0.279. The third-order valence-electron chi connectivity index (χ3n) is 7.42. The molecule has 0 aliphatic carbocycles. The summed E-state index contributed by atoms with van der Waals surface area (Å²) in [6.45, 7) is 2.35. The van der Waals surface area contributed by atoms with Crippen LogP contribution in [0.2, 0.25) is 5.02 Å². The second-order valence-corrected chi connectivity index (χ2v) is 12.2. The molecule has 0 spiro atoms. The molecule has 0 unspecified atom stereocenters. The van der Waals surface area contributed by atoms with Crippen molar-refractivity contribution in [3.8, 4) is 11.5 Å². The Kier molecular flexibility index (Phi) is 7.77. The Morgan fingerprint density at radius 1 is 1.02 bits per heavy atom. The number of fused-ring (bicyclic) bond motifs is 1. The fourth-order valence-corrected chi connectivity index (χ4v) is 7.37. The molecule has 0 radical (unpaired) electrons. The first-order valence-corrected chi connectivity index (χ1v) is 14.3. The summed E-state index contributed by atoms with van der Waals surface area (Å²) in [5.41, 5.74) is 0.412. The lowest BCUT2D eigenvalue weighted by atomic mass is 10.0. The van der Waals surface area contributed by atoms with E-state index < -0.39 is 44.1 Å². The van der Waals surface area contributed by atoms with E-state index in [0.29, 0.717) is 40.5 Å². The number of pyridine rings is 1. The van der Waals surface area contributed by atoms with Crippen molar-refractivity contribution in [3.63, 3.8) is 0 Å². The van der Waals surface area contributed by atoms with Crippen molar-refractivity contribution in [2.45, 2.75) is 11.4 Å². The van der Waals surface area contributed by atoms with Crippen LogP contribution < -0.4 is 18.7 Å². The van der Waals surface area contributed by atoms with Crippen molar-refractivity contribution in [2.24, 2.45) is 11.8 Å². The summed E-state index contributed by atoms with van der Waals surface area (Å²) in [7, 11) is -0.148. The molecule has 0 N–H and O–H groups in total. The zero-order chi connectivity index (χ0) is 28.8. The monoisotopic (exact) mass is 596 g/mol. The van der Waals surface area contributed by atoms with Crippen LogP contribution in [0.15, 0.2) is 47.4 Å². The summed E-state index contributed by atoms with van der Waals surface area (Å²) in [6.07, 6.45) is 0. The van der Waals surface area contributed by atoms with Crippen molar-refractivity contribution < 1.29 is 31.1 Å². The third kappa shape index (κ3) is 5.15. The number of aromatic nitrogens is 1. The molecule has 2 atom stereocenters. The van der Waals surface area contributed by atoms with E-state index in [1.807, 2.05) is 7.05 Å². The molecular formula is C27H28ClF3N4O4S. The molecule has 2 aromatic carbocycles. The highest BCUT2D eigenvalue weighted by molar-refractivity contribution is 7.92. The second-order valence-electron chi connectivity index (χ2n) is 9.99. The molecule has 3 aromatic rings. The lowest BCUT2D eigenvalue weighted by Crippen LogP contribution is -2.33. The summed E-state index contributed by atoms with van der Waals surface area (Å²) >= 11 is 6.37. The number of anilines is 2. The van der Waals surface area contributed by atoms with Crippen LogP contribution in [0, 0.1) is 29.4 Å². The minimum Gasteiger partial charge on any atom is -0.497 e. The Morgan fingerprint density at radius 3 is 2.35 bits per heavy atom. The van der Waals surface area contributed by atoms with Gasteiger partial charge in [0.15, 0.2) is 10.7 Å². The van der Waals surface area contributed by atoms with E-state index in [1.165, 1.54) is 38.5 Å². The van der Waals surface area contributed by atoms with Gasteiger partial charge in [0.1, 0.15) is 28.2 Å². The predicted octanol–water partition coefficient (Wildman–Crippen LogP) is 4.56. The number of halogens is 4. The Hall–Kier alpha value is -3.22. The van der Waals surface area contributed by atoms with Crippen LogP contribution in [0.5, 0.6) is 11.5 Å². The molecule has 1 aromatic heterocycles. The maximum absolute atomic E-state index is 15.8. The second kappa shape index (κ2) is 11.0. The van der Waals surface area contributed by atoms with Crippen LogP contribution in [-0.4, -0.2) is 65.7 Å². The van der Waals surface area contributed by atoms with Crippen LogP contribution in [0.4, 0.5) is 24.7 Å². The molecule has 13 heteroatoms. The molecule has 5 rings (SSSR count). The van der Waals surface area contributed by atoms with Gasteiger partial charge in [0.05, 0.1) is 26.5 Å². The summed E-state index contributed by atoms with van der Waals surface area (Å²) in [4.78, 5) is 6.42. The van der Waals surface area contributed by atoms with Gasteiger partial charge in [0.2, 0.25) is 5.95 Å². The van der Waals surface area contributed by atoms with E-state index in [0.717, 1.165) is 25.2 Å². The van der Waals surface area contributed by atoms with Crippen molar-refractivity contribution >= 4 is 33.1 Å². The highest BCUT2D eigenvalue weighted by Gasteiger charge is 2.41. The molecule has 214 valence electrons. The zero-order valence-corrected chi connectivity index (χ0v) is 23.6. The van der Waals surface area contributed by atoms with Crippen molar-refractivity contribution in [3.05, 3.63) is 70.6 Å². The average Bonchev–Trinajstić information content (AvgIpc) is 3.46. The van der Waals surface area contributed by atoms with Crippen LogP contribution in [0.1, 0.15) is 5.56 Å². The molecule has 0 bridgehead atoms.